The molecule has 1 atom stereocenters. The van der Waals surface area contributed by atoms with E-state index in [1.54, 1.807) is 4.90 Å². The molecule has 1 aromatic rings. The van der Waals surface area contributed by atoms with E-state index in [1.165, 1.54) is 5.56 Å². The van der Waals surface area contributed by atoms with E-state index in [9.17, 15) is 9.59 Å². The van der Waals surface area contributed by atoms with Gasteiger partial charge in [-0.15, -0.1) is 0 Å². The zero-order valence-corrected chi connectivity index (χ0v) is 13.6. The summed E-state index contributed by atoms with van der Waals surface area (Å²) < 4.78 is 10.1. The second kappa shape index (κ2) is 7.38. The van der Waals surface area contributed by atoms with Gasteiger partial charge in [-0.05, 0) is 24.8 Å². The molecule has 2 fully saturated rings. The fourth-order valence-corrected chi connectivity index (χ4v) is 3.43. The minimum atomic E-state index is -0.381. The smallest absolute Gasteiger partial charge is 0.414 e. The number of ether oxygens (including phenoxy) is 2. The van der Waals surface area contributed by atoms with Crippen molar-refractivity contribution in [3.05, 3.63) is 48.7 Å². The normalized spacial score (nSPS) is 21.5. The number of piperidine rings is 1. The molecule has 128 valence electrons. The van der Waals surface area contributed by atoms with Crippen LogP contribution in [0.2, 0.25) is 0 Å². The van der Waals surface area contributed by atoms with Crippen LogP contribution in [0.25, 0.3) is 0 Å². The highest BCUT2D eigenvalue weighted by atomic mass is 16.6. The van der Waals surface area contributed by atoms with Crippen LogP contribution in [0, 0.1) is 0 Å². The summed E-state index contributed by atoms with van der Waals surface area (Å²) in [5, 5.41) is 0. The molecule has 0 aliphatic carbocycles. The van der Waals surface area contributed by atoms with Crippen LogP contribution in [0.15, 0.2) is 43.2 Å². The summed E-state index contributed by atoms with van der Waals surface area (Å²) in [7, 11) is 0. The summed E-state index contributed by atoms with van der Waals surface area (Å²) >= 11 is 0. The molecule has 0 saturated carbocycles. The topological polar surface area (TPSA) is 59.1 Å². The van der Waals surface area contributed by atoms with E-state index in [0.717, 1.165) is 25.5 Å². The number of hydrogen-bond donors (Lipinski definition) is 0. The Hall–Kier alpha value is -2.50. The second-order valence-electron chi connectivity index (χ2n) is 6.10. The summed E-state index contributed by atoms with van der Waals surface area (Å²) in [6.45, 7) is 4.95. The third-order valence-electron chi connectivity index (χ3n) is 4.62. The molecule has 6 heteroatoms. The highest BCUT2D eigenvalue weighted by Gasteiger charge is 2.39. The Morgan fingerprint density at radius 2 is 2.00 bits per heavy atom. The van der Waals surface area contributed by atoms with Crippen LogP contribution >= 0.6 is 0 Å². The van der Waals surface area contributed by atoms with Crippen molar-refractivity contribution in [2.75, 3.05) is 19.7 Å². The molecule has 1 unspecified atom stereocenters. The van der Waals surface area contributed by atoms with Crippen molar-refractivity contribution in [3.8, 4) is 0 Å². The van der Waals surface area contributed by atoms with Gasteiger partial charge in [-0.25, -0.2) is 9.59 Å². The van der Waals surface area contributed by atoms with Gasteiger partial charge in [0.1, 0.15) is 6.61 Å². The molecule has 0 radical (unpaired) electrons. The van der Waals surface area contributed by atoms with E-state index in [-0.39, 0.29) is 24.3 Å². The number of likely N-dealkylation sites (tertiary alicyclic amines) is 1. The summed E-state index contributed by atoms with van der Waals surface area (Å²) in [4.78, 5) is 27.4. The molecule has 2 saturated heterocycles. The fourth-order valence-electron chi connectivity index (χ4n) is 3.43. The van der Waals surface area contributed by atoms with Gasteiger partial charge in [0.15, 0.2) is 0 Å². The van der Waals surface area contributed by atoms with Crippen LogP contribution in [-0.4, -0.2) is 53.8 Å². The van der Waals surface area contributed by atoms with Crippen LogP contribution in [0.5, 0.6) is 0 Å². The summed E-state index contributed by atoms with van der Waals surface area (Å²) in [6, 6.07) is 10.3. The number of amides is 2. The average Bonchev–Trinajstić information content (AvgIpc) is 2.96. The van der Waals surface area contributed by atoms with Crippen molar-refractivity contribution in [2.24, 2.45) is 0 Å². The molecule has 2 aliphatic rings. The van der Waals surface area contributed by atoms with Crippen LogP contribution < -0.4 is 0 Å². The van der Waals surface area contributed by atoms with Gasteiger partial charge in [0.2, 0.25) is 0 Å². The molecule has 1 aromatic carbocycles. The van der Waals surface area contributed by atoms with Gasteiger partial charge in [-0.1, -0.05) is 36.9 Å². The zero-order chi connectivity index (χ0) is 16.9. The van der Waals surface area contributed by atoms with Gasteiger partial charge in [-0.3, -0.25) is 4.90 Å². The van der Waals surface area contributed by atoms with E-state index in [2.05, 4.69) is 18.7 Å². The molecular weight excluding hydrogens is 308 g/mol. The largest absolute Gasteiger partial charge is 0.447 e. The standard InChI is InChI=1S/C18H22N2O4/c1-2-23-17(21)19-10-8-15(9-11-19)20-16(13-24-18(20)22)12-14-6-4-3-5-7-14/h2-7,15-16H,1,8-13H2. The molecule has 0 bridgehead atoms. The van der Waals surface area contributed by atoms with E-state index < -0.39 is 0 Å². The van der Waals surface area contributed by atoms with Crippen molar-refractivity contribution >= 4 is 12.2 Å². The third kappa shape index (κ3) is 3.53. The van der Waals surface area contributed by atoms with E-state index in [4.69, 9.17) is 9.47 Å². The first-order chi connectivity index (χ1) is 11.7. The van der Waals surface area contributed by atoms with Crippen molar-refractivity contribution < 1.29 is 19.1 Å². The number of rotatable bonds is 4. The van der Waals surface area contributed by atoms with Crippen LogP contribution in [0.4, 0.5) is 9.59 Å². The summed E-state index contributed by atoms with van der Waals surface area (Å²) in [5.74, 6) is 0. The zero-order valence-electron chi connectivity index (χ0n) is 13.6. The molecular formula is C18H22N2O4. The van der Waals surface area contributed by atoms with E-state index in [1.807, 2.05) is 23.1 Å². The lowest BCUT2D eigenvalue weighted by Gasteiger charge is -2.37. The van der Waals surface area contributed by atoms with Gasteiger partial charge in [0.05, 0.1) is 12.3 Å². The number of benzene rings is 1. The molecule has 0 N–H and O–H groups in total. The van der Waals surface area contributed by atoms with Crippen molar-refractivity contribution in [1.29, 1.82) is 0 Å². The van der Waals surface area contributed by atoms with Crippen molar-refractivity contribution in [3.63, 3.8) is 0 Å². The molecule has 0 aromatic heterocycles. The SMILES string of the molecule is C=COC(=O)N1CCC(N2C(=O)OCC2Cc2ccccc2)CC1. The minimum absolute atomic E-state index is 0.0524. The first kappa shape index (κ1) is 16.4. The highest BCUT2D eigenvalue weighted by Crippen LogP contribution is 2.26. The maximum Gasteiger partial charge on any atom is 0.414 e. The summed E-state index contributed by atoms with van der Waals surface area (Å²) in [6.07, 6.45) is 2.75. The molecule has 3 rings (SSSR count). The quantitative estimate of drug-likeness (QED) is 0.797. The predicted molar refractivity (Wildman–Crippen MR) is 88.4 cm³/mol. The summed E-state index contributed by atoms with van der Waals surface area (Å²) in [5.41, 5.74) is 1.19. The second-order valence-corrected chi connectivity index (χ2v) is 6.10. The predicted octanol–water partition coefficient (Wildman–Crippen LogP) is 2.79. The Balaban J connectivity index is 1.61. The fraction of sp³-hybridized carbons (Fsp3) is 0.444. The van der Waals surface area contributed by atoms with Gasteiger partial charge < -0.3 is 14.4 Å². The molecule has 2 amide bonds. The van der Waals surface area contributed by atoms with E-state index >= 15 is 0 Å². The number of carbonyl (C=O) groups excluding carboxylic acids is 2. The Morgan fingerprint density at radius 1 is 1.29 bits per heavy atom. The van der Waals surface area contributed by atoms with Crippen molar-refractivity contribution in [2.45, 2.75) is 31.3 Å². The van der Waals surface area contributed by atoms with Gasteiger partial charge in [0, 0.05) is 19.1 Å². The molecule has 2 heterocycles. The number of nitrogens with zero attached hydrogens (tertiary/aromatic N) is 2. The lowest BCUT2D eigenvalue weighted by Crippen LogP contribution is -2.50. The van der Waals surface area contributed by atoms with Crippen LogP contribution in [-0.2, 0) is 15.9 Å². The Labute approximate surface area is 141 Å². The Morgan fingerprint density at radius 3 is 2.67 bits per heavy atom. The maximum absolute atomic E-state index is 12.2. The highest BCUT2D eigenvalue weighted by molar-refractivity contribution is 5.71. The minimum Gasteiger partial charge on any atom is -0.447 e. The number of cyclic esters (lactones) is 1. The van der Waals surface area contributed by atoms with Crippen LogP contribution in [0.3, 0.4) is 0 Å². The molecule has 6 nitrogen and oxygen atoms in total. The van der Waals surface area contributed by atoms with Crippen molar-refractivity contribution in [1.82, 2.24) is 9.80 Å². The lowest BCUT2D eigenvalue weighted by atomic mass is 9.99. The Bertz CT molecular complexity index is 596. The third-order valence-corrected chi connectivity index (χ3v) is 4.62. The van der Waals surface area contributed by atoms with E-state index in [0.29, 0.717) is 19.7 Å². The Kier molecular flexibility index (Phi) is 5.03. The van der Waals surface area contributed by atoms with Gasteiger partial charge >= 0.3 is 12.2 Å². The monoisotopic (exact) mass is 330 g/mol. The number of hydrogen-bond acceptors (Lipinski definition) is 4. The first-order valence-corrected chi connectivity index (χ1v) is 8.24. The average molecular weight is 330 g/mol. The van der Waals surface area contributed by atoms with Gasteiger partial charge in [-0.2, -0.15) is 0 Å². The molecule has 24 heavy (non-hydrogen) atoms. The lowest BCUT2D eigenvalue weighted by molar-refractivity contribution is 0.0933. The maximum atomic E-state index is 12.2. The molecule has 0 spiro atoms. The molecule has 2 aliphatic heterocycles. The van der Waals surface area contributed by atoms with Gasteiger partial charge in [0.25, 0.3) is 0 Å². The van der Waals surface area contributed by atoms with Crippen LogP contribution in [0.1, 0.15) is 18.4 Å². The first-order valence-electron chi connectivity index (χ1n) is 8.24. The number of carbonyl (C=O) groups is 2.